The summed E-state index contributed by atoms with van der Waals surface area (Å²) in [6, 6.07) is 11.8. The molecular formula is C15H17N3OS. The zero-order valence-electron chi connectivity index (χ0n) is 11.5. The lowest BCUT2D eigenvalue weighted by atomic mass is 10.1. The van der Waals surface area contributed by atoms with Crippen molar-refractivity contribution in [1.82, 2.24) is 10.3 Å². The molecule has 20 heavy (non-hydrogen) atoms. The fourth-order valence-corrected chi connectivity index (χ4v) is 1.95. The van der Waals surface area contributed by atoms with Gasteiger partial charge in [-0.25, -0.2) is 4.98 Å². The molecule has 0 saturated heterocycles. The van der Waals surface area contributed by atoms with Gasteiger partial charge >= 0.3 is 0 Å². The highest BCUT2D eigenvalue weighted by Gasteiger charge is 2.05. The summed E-state index contributed by atoms with van der Waals surface area (Å²) < 4.78 is 5.22. The number of thiocarbonyl (C=S) groups is 1. The van der Waals surface area contributed by atoms with Crippen LogP contribution in [0.4, 0.5) is 5.82 Å². The van der Waals surface area contributed by atoms with Gasteiger partial charge in [-0.2, -0.15) is 0 Å². The first-order valence-corrected chi connectivity index (χ1v) is 6.70. The average molecular weight is 287 g/mol. The molecule has 1 aromatic heterocycles. The lowest BCUT2D eigenvalue weighted by molar-refractivity contribution is 0.415. The Kier molecular flexibility index (Phi) is 4.90. The molecule has 0 aliphatic rings. The summed E-state index contributed by atoms with van der Waals surface area (Å²) in [6.45, 7) is 2.75. The predicted molar refractivity (Wildman–Crippen MR) is 85.0 cm³/mol. The zero-order chi connectivity index (χ0) is 14.4. The Morgan fingerprint density at radius 3 is 2.80 bits per heavy atom. The van der Waals surface area contributed by atoms with E-state index in [2.05, 4.69) is 34.7 Å². The quantitative estimate of drug-likeness (QED) is 0.847. The second-order valence-corrected chi connectivity index (χ2v) is 4.70. The van der Waals surface area contributed by atoms with Crippen LogP contribution >= 0.6 is 12.2 Å². The van der Waals surface area contributed by atoms with Crippen molar-refractivity contribution < 1.29 is 4.74 Å². The minimum absolute atomic E-state index is 0.519. The van der Waals surface area contributed by atoms with Crippen LogP contribution in [0, 0.1) is 6.92 Å². The van der Waals surface area contributed by atoms with Crippen molar-refractivity contribution in [3.8, 4) is 5.75 Å². The zero-order valence-corrected chi connectivity index (χ0v) is 12.3. The first-order chi connectivity index (χ1) is 9.70. The molecule has 0 amide bonds. The minimum atomic E-state index is 0.519. The Morgan fingerprint density at radius 2 is 2.05 bits per heavy atom. The summed E-state index contributed by atoms with van der Waals surface area (Å²) in [5.41, 5.74) is 2.45. The second-order valence-electron chi connectivity index (χ2n) is 4.29. The normalized spacial score (nSPS) is 9.90. The van der Waals surface area contributed by atoms with Crippen LogP contribution in [-0.2, 0) is 6.54 Å². The molecule has 104 valence electrons. The summed E-state index contributed by atoms with van der Waals surface area (Å²) in [5, 5.41) is 6.72. The second kappa shape index (κ2) is 6.86. The fraction of sp³-hybridized carbons (Fsp3) is 0.200. The topological polar surface area (TPSA) is 46.2 Å². The van der Waals surface area contributed by atoms with Gasteiger partial charge in [0.05, 0.1) is 7.11 Å². The molecule has 1 heterocycles. The Hall–Kier alpha value is -2.14. The number of hydrogen-bond acceptors (Lipinski definition) is 3. The summed E-state index contributed by atoms with van der Waals surface area (Å²) >= 11 is 5.27. The number of pyridine rings is 1. The van der Waals surface area contributed by atoms with E-state index < -0.39 is 0 Å². The van der Waals surface area contributed by atoms with Crippen molar-refractivity contribution in [1.29, 1.82) is 0 Å². The van der Waals surface area contributed by atoms with Crippen molar-refractivity contribution in [3.05, 3.63) is 53.7 Å². The third kappa shape index (κ3) is 3.68. The van der Waals surface area contributed by atoms with Crippen LogP contribution in [0.15, 0.2) is 42.6 Å². The van der Waals surface area contributed by atoms with Gasteiger partial charge in [-0.1, -0.05) is 24.3 Å². The maximum Gasteiger partial charge on any atom is 0.174 e. The van der Waals surface area contributed by atoms with Crippen LogP contribution in [0.25, 0.3) is 0 Å². The van der Waals surface area contributed by atoms with Crippen molar-refractivity contribution in [2.75, 3.05) is 12.4 Å². The molecule has 0 bridgehead atoms. The number of aromatic nitrogens is 1. The molecule has 0 spiro atoms. The molecule has 2 aromatic rings. The highest BCUT2D eigenvalue weighted by molar-refractivity contribution is 7.80. The molecule has 0 aliphatic carbocycles. The first-order valence-electron chi connectivity index (χ1n) is 6.29. The van der Waals surface area contributed by atoms with Crippen molar-refractivity contribution in [2.24, 2.45) is 0 Å². The van der Waals surface area contributed by atoms with Crippen LogP contribution in [-0.4, -0.2) is 17.2 Å². The van der Waals surface area contributed by atoms with Crippen LogP contribution in [0.5, 0.6) is 5.75 Å². The van der Waals surface area contributed by atoms with E-state index in [1.54, 1.807) is 13.3 Å². The Bertz CT molecular complexity index is 601. The fourth-order valence-electron chi connectivity index (χ4n) is 1.78. The summed E-state index contributed by atoms with van der Waals surface area (Å²) in [6.07, 6.45) is 1.69. The smallest absolute Gasteiger partial charge is 0.174 e. The van der Waals surface area contributed by atoms with Gasteiger partial charge in [-0.15, -0.1) is 0 Å². The Labute approximate surface area is 124 Å². The molecule has 1 aromatic carbocycles. The molecule has 0 unspecified atom stereocenters. The third-order valence-corrected chi connectivity index (χ3v) is 3.17. The number of rotatable bonds is 4. The minimum Gasteiger partial charge on any atom is -0.493 e. The lowest BCUT2D eigenvalue weighted by Gasteiger charge is -2.13. The maximum absolute atomic E-state index is 5.27. The molecule has 0 radical (unpaired) electrons. The van der Waals surface area contributed by atoms with E-state index >= 15 is 0 Å². The van der Waals surface area contributed by atoms with Gasteiger partial charge in [0.15, 0.2) is 16.7 Å². The van der Waals surface area contributed by atoms with Crippen molar-refractivity contribution in [2.45, 2.75) is 13.5 Å². The van der Waals surface area contributed by atoms with E-state index in [-0.39, 0.29) is 0 Å². The molecule has 4 nitrogen and oxygen atoms in total. The van der Waals surface area contributed by atoms with Crippen molar-refractivity contribution in [3.63, 3.8) is 0 Å². The number of benzene rings is 1. The maximum atomic E-state index is 5.27. The van der Waals surface area contributed by atoms with E-state index in [0.29, 0.717) is 23.2 Å². The molecular weight excluding hydrogens is 270 g/mol. The monoisotopic (exact) mass is 287 g/mol. The highest BCUT2D eigenvalue weighted by Crippen LogP contribution is 2.19. The number of hydrogen-bond donors (Lipinski definition) is 2. The largest absolute Gasteiger partial charge is 0.493 e. The summed E-state index contributed by atoms with van der Waals surface area (Å²) in [5.74, 6) is 1.27. The van der Waals surface area contributed by atoms with E-state index in [1.807, 2.05) is 24.3 Å². The number of aryl methyl sites for hydroxylation is 1. The van der Waals surface area contributed by atoms with Gasteiger partial charge in [0.2, 0.25) is 0 Å². The van der Waals surface area contributed by atoms with Crippen LogP contribution < -0.4 is 15.4 Å². The Morgan fingerprint density at radius 1 is 1.25 bits per heavy atom. The standard InChI is InChI=1S/C15H17N3OS/c1-11-6-3-4-7-12(11)10-17-15(20)18-14-13(19-2)8-5-9-16-14/h3-9H,10H2,1-2H3,(H2,16,17,18,20). The van der Waals surface area contributed by atoms with Gasteiger partial charge in [-0.05, 0) is 42.4 Å². The number of nitrogens with one attached hydrogen (secondary N) is 2. The lowest BCUT2D eigenvalue weighted by Crippen LogP contribution is -2.28. The van der Waals surface area contributed by atoms with E-state index in [1.165, 1.54) is 11.1 Å². The van der Waals surface area contributed by atoms with Crippen LogP contribution in [0.3, 0.4) is 0 Å². The van der Waals surface area contributed by atoms with E-state index in [9.17, 15) is 0 Å². The summed E-state index contributed by atoms with van der Waals surface area (Å²) in [4.78, 5) is 4.20. The predicted octanol–water partition coefficient (Wildman–Crippen LogP) is 2.89. The number of anilines is 1. The number of nitrogens with zero attached hydrogens (tertiary/aromatic N) is 1. The molecule has 0 fully saturated rings. The average Bonchev–Trinajstić information content (AvgIpc) is 2.47. The van der Waals surface area contributed by atoms with Gasteiger partial charge in [0.25, 0.3) is 0 Å². The van der Waals surface area contributed by atoms with Crippen LogP contribution in [0.2, 0.25) is 0 Å². The first kappa shape index (κ1) is 14.3. The molecule has 0 aliphatic heterocycles. The van der Waals surface area contributed by atoms with E-state index in [0.717, 1.165) is 0 Å². The Balaban J connectivity index is 1.95. The molecule has 2 N–H and O–H groups in total. The molecule has 5 heteroatoms. The third-order valence-electron chi connectivity index (χ3n) is 2.92. The van der Waals surface area contributed by atoms with Gasteiger partial charge in [0, 0.05) is 12.7 Å². The van der Waals surface area contributed by atoms with Crippen molar-refractivity contribution >= 4 is 23.1 Å². The van der Waals surface area contributed by atoms with Gasteiger partial charge in [-0.3, -0.25) is 0 Å². The van der Waals surface area contributed by atoms with Gasteiger partial charge in [0.1, 0.15) is 0 Å². The SMILES string of the molecule is COc1cccnc1NC(=S)NCc1ccccc1C. The van der Waals surface area contributed by atoms with Crippen LogP contribution in [0.1, 0.15) is 11.1 Å². The summed E-state index contributed by atoms with van der Waals surface area (Å²) in [7, 11) is 1.60. The molecule has 0 saturated carbocycles. The number of ether oxygens (including phenoxy) is 1. The molecule has 2 rings (SSSR count). The van der Waals surface area contributed by atoms with Gasteiger partial charge < -0.3 is 15.4 Å². The van der Waals surface area contributed by atoms with E-state index in [4.69, 9.17) is 17.0 Å². The number of methoxy groups -OCH3 is 1. The molecule has 0 atom stereocenters. The highest BCUT2D eigenvalue weighted by atomic mass is 32.1.